The Hall–Kier alpha value is -1.42. The first-order valence-corrected chi connectivity index (χ1v) is 6.75. The lowest BCUT2D eigenvalue weighted by Gasteiger charge is -2.30. The molecule has 0 aliphatic carbocycles. The van der Waals surface area contributed by atoms with Gasteiger partial charge in [0.05, 0.1) is 4.92 Å². The molecular formula is C15H24N2O2. The first-order valence-electron chi connectivity index (χ1n) is 6.75. The van der Waals surface area contributed by atoms with Gasteiger partial charge in [-0.1, -0.05) is 32.9 Å². The molecule has 0 fully saturated rings. The van der Waals surface area contributed by atoms with Gasteiger partial charge < -0.3 is 5.32 Å². The molecule has 106 valence electrons. The molecule has 0 heterocycles. The molecule has 0 aromatic heterocycles. The third-order valence-corrected chi connectivity index (χ3v) is 3.50. The van der Waals surface area contributed by atoms with Gasteiger partial charge >= 0.3 is 0 Å². The minimum atomic E-state index is -0.361. The zero-order valence-corrected chi connectivity index (χ0v) is 12.3. The Morgan fingerprint density at radius 3 is 2.26 bits per heavy atom. The van der Waals surface area contributed by atoms with Crippen molar-refractivity contribution in [2.75, 3.05) is 7.05 Å². The molecule has 0 saturated heterocycles. The minimum Gasteiger partial charge on any atom is -0.316 e. The molecule has 1 rings (SSSR count). The van der Waals surface area contributed by atoms with Crippen LogP contribution in [0.1, 0.15) is 39.2 Å². The molecule has 4 nitrogen and oxygen atoms in total. The van der Waals surface area contributed by atoms with Gasteiger partial charge in [0.15, 0.2) is 0 Å². The summed E-state index contributed by atoms with van der Waals surface area (Å²) in [5.74, 6) is 0. The molecule has 1 atom stereocenters. The van der Waals surface area contributed by atoms with Crippen LogP contribution in [0.5, 0.6) is 0 Å². The van der Waals surface area contributed by atoms with Gasteiger partial charge in [0.2, 0.25) is 0 Å². The van der Waals surface area contributed by atoms with E-state index in [1.165, 1.54) is 0 Å². The van der Waals surface area contributed by atoms with E-state index in [1.54, 1.807) is 12.1 Å². The average Bonchev–Trinajstić information content (AvgIpc) is 2.33. The van der Waals surface area contributed by atoms with Crippen LogP contribution < -0.4 is 5.32 Å². The maximum Gasteiger partial charge on any atom is 0.269 e. The summed E-state index contributed by atoms with van der Waals surface area (Å²) in [5, 5.41) is 13.9. The minimum absolute atomic E-state index is 0.159. The first kappa shape index (κ1) is 15.6. The van der Waals surface area contributed by atoms with Crippen LogP contribution in [0.15, 0.2) is 24.3 Å². The Morgan fingerprint density at radius 1 is 1.26 bits per heavy atom. The van der Waals surface area contributed by atoms with Crippen LogP contribution in [0, 0.1) is 15.5 Å². The molecule has 1 aromatic carbocycles. The highest BCUT2D eigenvalue weighted by atomic mass is 16.6. The lowest BCUT2D eigenvalue weighted by atomic mass is 9.83. The standard InChI is InChI=1S/C15H24N2O2/c1-15(2,3)14(16-4)7-5-6-12-8-10-13(11-9-12)17(18)19/h8-11,14,16H,5-7H2,1-4H3. The molecule has 0 saturated carbocycles. The normalized spacial score (nSPS) is 13.3. The largest absolute Gasteiger partial charge is 0.316 e. The van der Waals surface area contributed by atoms with Crippen molar-refractivity contribution in [1.29, 1.82) is 0 Å². The van der Waals surface area contributed by atoms with Crippen LogP contribution in [0.4, 0.5) is 5.69 Å². The average molecular weight is 264 g/mol. The van der Waals surface area contributed by atoms with E-state index >= 15 is 0 Å². The third kappa shape index (κ3) is 4.99. The molecule has 1 aromatic rings. The van der Waals surface area contributed by atoms with Gasteiger partial charge in [-0.3, -0.25) is 10.1 Å². The maximum absolute atomic E-state index is 10.6. The lowest BCUT2D eigenvalue weighted by Crippen LogP contribution is -2.37. The molecule has 1 unspecified atom stereocenters. The molecule has 0 radical (unpaired) electrons. The van der Waals surface area contributed by atoms with E-state index in [4.69, 9.17) is 0 Å². The summed E-state index contributed by atoms with van der Waals surface area (Å²) in [5.41, 5.74) is 1.57. The van der Waals surface area contributed by atoms with Gasteiger partial charge in [-0.25, -0.2) is 0 Å². The quantitative estimate of drug-likeness (QED) is 0.631. The number of nitrogens with one attached hydrogen (secondary N) is 1. The summed E-state index contributed by atoms with van der Waals surface area (Å²) in [7, 11) is 2.00. The van der Waals surface area contributed by atoms with Crippen LogP contribution in [0.2, 0.25) is 0 Å². The number of rotatable bonds is 6. The molecule has 0 aliphatic heterocycles. The molecule has 1 N–H and O–H groups in total. The molecule has 0 amide bonds. The number of non-ortho nitro benzene ring substituents is 1. The van der Waals surface area contributed by atoms with Crippen LogP contribution in [-0.4, -0.2) is 18.0 Å². The van der Waals surface area contributed by atoms with E-state index in [-0.39, 0.29) is 16.0 Å². The van der Waals surface area contributed by atoms with Gasteiger partial charge in [-0.2, -0.15) is 0 Å². The monoisotopic (exact) mass is 264 g/mol. The predicted octanol–water partition coefficient (Wildman–Crippen LogP) is 3.55. The second kappa shape index (κ2) is 6.66. The van der Waals surface area contributed by atoms with Gasteiger partial charge in [-0.15, -0.1) is 0 Å². The van der Waals surface area contributed by atoms with Crippen LogP contribution in [-0.2, 0) is 6.42 Å². The highest BCUT2D eigenvalue weighted by molar-refractivity contribution is 5.32. The number of nitrogens with zero attached hydrogens (tertiary/aromatic N) is 1. The molecule has 19 heavy (non-hydrogen) atoms. The molecule has 4 heteroatoms. The number of hydrogen-bond acceptors (Lipinski definition) is 3. The van der Waals surface area contributed by atoms with E-state index in [9.17, 15) is 10.1 Å². The molecule has 0 bridgehead atoms. The maximum atomic E-state index is 10.6. The summed E-state index contributed by atoms with van der Waals surface area (Å²) < 4.78 is 0. The topological polar surface area (TPSA) is 55.2 Å². The summed E-state index contributed by atoms with van der Waals surface area (Å²) in [6, 6.07) is 7.35. The number of hydrogen-bond donors (Lipinski definition) is 1. The van der Waals surface area contributed by atoms with E-state index < -0.39 is 0 Å². The van der Waals surface area contributed by atoms with Crippen molar-refractivity contribution in [3.63, 3.8) is 0 Å². The second-order valence-electron chi connectivity index (χ2n) is 6.02. The van der Waals surface area contributed by atoms with Crippen LogP contribution >= 0.6 is 0 Å². The predicted molar refractivity (Wildman–Crippen MR) is 78.3 cm³/mol. The Balaban J connectivity index is 2.47. The summed E-state index contributed by atoms with van der Waals surface area (Å²) in [6.07, 6.45) is 3.16. The second-order valence-corrected chi connectivity index (χ2v) is 6.02. The molecule has 0 aliphatic rings. The smallest absolute Gasteiger partial charge is 0.269 e. The molecule has 0 spiro atoms. The van der Waals surface area contributed by atoms with Crippen molar-refractivity contribution >= 4 is 5.69 Å². The van der Waals surface area contributed by atoms with Crippen molar-refractivity contribution in [2.24, 2.45) is 5.41 Å². The summed E-state index contributed by atoms with van der Waals surface area (Å²) >= 11 is 0. The van der Waals surface area contributed by atoms with Crippen molar-refractivity contribution in [3.05, 3.63) is 39.9 Å². The fourth-order valence-corrected chi connectivity index (χ4v) is 2.31. The fourth-order valence-electron chi connectivity index (χ4n) is 2.31. The van der Waals surface area contributed by atoms with E-state index in [2.05, 4.69) is 26.1 Å². The first-order chi connectivity index (χ1) is 8.84. The van der Waals surface area contributed by atoms with Crippen LogP contribution in [0.3, 0.4) is 0 Å². The highest BCUT2D eigenvalue weighted by Crippen LogP contribution is 2.23. The zero-order chi connectivity index (χ0) is 14.5. The van der Waals surface area contributed by atoms with E-state index in [0.29, 0.717) is 6.04 Å². The van der Waals surface area contributed by atoms with Gasteiger partial charge in [0, 0.05) is 18.2 Å². The fraction of sp³-hybridized carbons (Fsp3) is 0.600. The highest BCUT2D eigenvalue weighted by Gasteiger charge is 2.22. The Labute approximate surface area is 115 Å². The zero-order valence-electron chi connectivity index (χ0n) is 12.3. The number of aryl methyl sites for hydroxylation is 1. The van der Waals surface area contributed by atoms with Crippen molar-refractivity contribution < 1.29 is 4.92 Å². The van der Waals surface area contributed by atoms with Gasteiger partial charge in [0.1, 0.15) is 0 Å². The summed E-state index contributed by atoms with van der Waals surface area (Å²) in [6.45, 7) is 6.71. The van der Waals surface area contributed by atoms with Gasteiger partial charge in [0.25, 0.3) is 5.69 Å². The number of nitro benzene ring substituents is 1. The number of benzene rings is 1. The van der Waals surface area contributed by atoms with E-state index in [1.807, 2.05) is 19.2 Å². The SMILES string of the molecule is CNC(CCCc1ccc([N+](=O)[O-])cc1)C(C)(C)C. The Kier molecular flexibility index (Phi) is 5.48. The Morgan fingerprint density at radius 2 is 1.84 bits per heavy atom. The third-order valence-electron chi connectivity index (χ3n) is 3.50. The van der Waals surface area contributed by atoms with Crippen molar-refractivity contribution in [2.45, 2.75) is 46.1 Å². The van der Waals surface area contributed by atoms with Crippen LogP contribution in [0.25, 0.3) is 0 Å². The number of nitro groups is 1. The van der Waals surface area contributed by atoms with E-state index in [0.717, 1.165) is 24.8 Å². The van der Waals surface area contributed by atoms with Crippen molar-refractivity contribution in [1.82, 2.24) is 5.32 Å². The Bertz CT molecular complexity index is 407. The van der Waals surface area contributed by atoms with Gasteiger partial charge in [-0.05, 0) is 37.3 Å². The van der Waals surface area contributed by atoms with Crippen molar-refractivity contribution in [3.8, 4) is 0 Å². The summed E-state index contributed by atoms with van der Waals surface area (Å²) in [4.78, 5) is 10.2. The lowest BCUT2D eigenvalue weighted by molar-refractivity contribution is -0.384. The molecular weight excluding hydrogens is 240 g/mol.